The van der Waals surface area contributed by atoms with Crippen molar-refractivity contribution < 1.29 is 8.78 Å². The van der Waals surface area contributed by atoms with Crippen molar-refractivity contribution in [3.63, 3.8) is 0 Å². The van der Waals surface area contributed by atoms with Crippen LogP contribution >= 0.6 is 0 Å². The van der Waals surface area contributed by atoms with Gasteiger partial charge >= 0.3 is 0 Å². The van der Waals surface area contributed by atoms with Crippen LogP contribution in [0.4, 0.5) is 8.78 Å². The first kappa shape index (κ1) is 21.8. The molecule has 2 saturated carbocycles. The van der Waals surface area contributed by atoms with Gasteiger partial charge in [-0.15, -0.1) is 0 Å². The van der Waals surface area contributed by atoms with Crippen LogP contribution in [0.3, 0.4) is 0 Å². The van der Waals surface area contributed by atoms with Crippen LogP contribution in [0.2, 0.25) is 0 Å². The molecule has 0 N–H and O–H groups in total. The highest BCUT2D eigenvalue weighted by atomic mass is 19.2. The van der Waals surface area contributed by atoms with Crippen LogP contribution in [0.25, 0.3) is 0 Å². The molecule has 0 atom stereocenters. The smallest absolute Gasteiger partial charge is 0.159 e. The fourth-order valence-corrected chi connectivity index (χ4v) is 5.65. The molecule has 2 aliphatic rings. The van der Waals surface area contributed by atoms with Gasteiger partial charge in [0.15, 0.2) is 11.6 Å². The van der Waals surface area contributed by atoms with E-state index in [0.29, 0.717) is 0 Å². The molecule has 0 saturated heterocycles. The van der Waals surface area contributed by atoms with Gasteiger partial charge in [-0.2, -0.15) is 0 Å². The Labute approximate surface area is 171 Å². The second kappa shape index (κ2) is 11.3. The molecule has 1 aromatic rings. The topological polar surface area (TPSA) is 0 Å². The minimum Gasteiger partial charge on any atom is -0.204 e. The first-order valence-corrected chi connectivity index (χ1v) is 12.1. The summed E-state index contributed by atoms with van der Waals surface area (Å²) in [6.45, 7) is 2.31. The molecule has 0 bridgehead atoms. The lowest BCUT2D eigenvalue weighted by atomic mass is 9.74. The van der Waals surface area contributed by atoms with Crippen LogP contribution in [-0.4, -0.2) is 0 Å². The van der Waals surface area contributed by atoms with Gasteiger partial charge in [0, 0.05) is 0 Å². The average Bonchev–Trinajstić information content (AvgIpc) is 2.73. The Balaban J connectivity index is 1.28. The first-order valence-electron chi connectivity index (χ1n) is 12.1. The lowest BCUT2D eigenvalue weighted by molar-refractivity contribution is 0.209. The van der Waals surface area contributed by atoms with Crippen LogP contribution in [0, 0.1) is 35.3 Å². The summed E-state index contributed by atoms with van der Waals surface area (Å²) >= 11 is 0. The molecule has 1 aromatic carbocycles. The predicted octanol–water partition coefficient (Wildman–Crippen LogP) is 8.48. The summed E-state index contributed by atoms with van der Waals surface area (Å²) in [6, 6.07) is 4.37. The summed E-state index contributed by atoms with van der Waals surface area (Å²) in [5.74, 6) is 2.31. The van der Waals surface area contributed by atoms with Crippen molar-refractivity contribution in [3.8, 4) is 0 Å². The number of unbranched alkanes of at least 4 members (excludes halogenated alkanes) is 1. The molecule has 158 valence electrons. The summed E-state index contributed by atoms with van der Waals surface area (Å²) in [6.07, 6.45) is 20.5. The van der Waals surface area contributed by atoms with Crippen LogP contribution in [0.1, 0.15) is 102 Å². The van der Waals surface area contributed by atoms with E-state index in [9.17, 15) is 8.78 Å². The minimum atomic E-state index is -0.737. The number of hydrogen-bond acceptors (Lipinski definition) is 0. The fraction of sp³-hybridized carbons (Fsp3) is 0.769. The monoisotopic (exact) mass is 390 g/mol. The molecule has 0 aromatic heterocycles. The third-order valence-corrected chi connectivity index (χ3v) is 7.71. The highest BCUT2D eigenvalue weighted by Gasteiger charge is 2.24. The van der Waals surface area contributed by atoms with E-state index < -0.39 is 11.6 Å². The van der Waals surface area contributed by atoms with Gasteiger partial charge in [0.25, 0.3) is 0 Å². The van der Waals surface area contributed by atoms with E-state index in [1.54, 1.807) is 6.07 Å². The molecule has 0 aliphatic heterocycles. The maximum absolute atomic E-state index is 13.3. The standard InChI is InChI=1S/C26H40F2/c1-2-3-4-20-5-7-21(8-6-20)9-10-22-11-13-23(14-12-22)15-16-24-17-18-25(27)26(28)19-24/h17-23H,2-16H2,1H3. The third kappa shape index (κ3) is 6.85. The lowest BCUT2D eigenvalue weighted by Crippen LogP contribution is -2.18. The Hall–Kier alpha value is -0.920. The molecule has 0 spiro atoms. The van der Waals surface area contributed by atoms with Crippen molar-refractivity contribution in [2.75, 3.05) is 0 Å². The largest absolute Gasteiger partial charge is 0.204 e. The second-order valence-electron chi connectivity index (χ2n) is 9.78. The Kier molecular flexibility index (Phi) is 8.80. The number of hydrogen-bond donors (Lipinski definition) is 0. The van der Waals surface area contributed by atoms with Crippen LogP contribution < -0.4 is 0 Å². The van der Waals surface area contributed by atoms with Crippen molar-refractivity contribution in [3.05, 3.63) is 35.4 Å². The van der Waals surface area contributed by atoms with E-state index in [0.717, 1.165) is 42.1 Å². The van der Waals surface area contributed by atoms with Gasteiger partial charge in [-0.05, 0) is 54.2 Å². The maximum Gasteiger partial charge on any atom is 0.159 e. The van der Waals surface area contributed by atoms with E-state index in [1.165, 1.54) is 95.6 Å². The zero-order chi connectivity index (χ0) is 19.8. The zero-order valence-electron chi connectivity index (χ0n) is 17.9. The Morgan fingerprint density at radius 1 is 0.679 bits per heavy atom. The highest BCUT2D eigenvalue weighted by Crippen LogP contribution is 2.38. The van der Waals surface area contributed by atoms with Crippen molar-refractivity contribution in [2.24, 2.45) is 23.7 Å². The maximum atomic E-state index is 13.3. The first-order chi connectivity index (χ1) is 13.6. The van der Waals surface area contributed by atoms with Gasteiger partial charge in [0.1, 0.15) is 0 Å². The fourth-order valence-electron chi connectivity index (χ4n) is 5.65. The normalized spacial score (nSPS) is 28.4. The van der Waals surface area contributed by atoms with Gasteiger partial charge in [0.05, 0.1) is 0 Å². The molecule has 28 heavy (non-hydrogen) atoms. The van der Waals surface area contributed by atoms with Gasteiger partial charge in [0.2, 0.25) is 0 Å². The van der Waals surface area contributed by atoms with E-state index in [1.807, 2.05) is 0 Å². The molecule has 0 amide bonds. The number of rotatable bonds is 9. The van der Waals surface area contributed by atoms with Gasteiger partial charge < -0.3 is 0 Å². The Bertz CT molecular complexity index is 566. The number of aryl methyl sites for hydroxylation is 1. The van der Waals surface area contributed by atoms with E-state index in [2.05, 4.69) is 6.92 Å². The van der Waals surface area contributed by atoms with E-state index >= 15 is 0 Å². The van der Waals surface area contributed by atoms with Gasteiger partial charge in [-0.3, -0.25) is 0 Å². The number of benzene rings is 1. The molecular weight excluding hydrogens is 350 g/mol. The summed E-state index contributed by atoms with van der Waals surface area (Å²) in [4.78, 5) is 0. The molecule has 0 unspecified atom stereocenters. The quantitative estimate of drug-likeness (QED) is 0.396. The van der Waals surface area contributed by atoms with Crippen LogP contribution in [-0.2, 0) is 6.42 Å². The second-order valence-corrected chi connectivity index (χ2v) is 9.78. The molecule has 0 heterocycles. The minimum absolute atomic E-state index is 0.708. The summed E-state index contributed by atoms with van der Waals surface area (Å²) in [7, 11) is 0. The van der Waals surface area contributed by atoms with Gasteiger partial charge in [-0.25, -0.2) is 8.78 Å². The Morgan fingerprint density at radius 3 is 1.68 bits per heavy atom. The van der Waals surface area contributed by atoms with Crippen molar-refractivity contribution in [1.82, 2.24) is 0 Å². The van der Waals surface area contributed by atoms with Crippen LogP contribution in [0.5, 0.6) is 0 Å². The average molecular weight is 391 g/mol. The molecule has 2 aliphatic carbocycles. The third-order valence-electron chi connectivity index (χ3n) is 7.71. The van der Waals surface area contributed by atoms with Crippen molar-refractivity contribution in [2.45, 2.75) is 103 Å². The molecular formula is C26H40F2. The highest BCUT2D eigenvalue weighted by molar-refractivity contribution is 5.17. The van der Waals surface area contributed by atoms with Crippen molar-refractivity contribution in [1.29, 1.82) is 0 Å². The van der Waals surface area contributed by atoms with Crippen LogP contribution in [0.15, 0.2) is 18.2 Å². The van der Waals surface area contributed by atoms with E-state index in [-0.39, 0.29) is 0 Å². The van der Waals surface area contributed by atoms with Crippen molar-refractivity contribution >= 4 is 0 Å². The lowest BCUT2D eigenvalue weighted by Gasteiger charge is -2.32. The Morgan fingerprint density at radius 2 is 1.18 bits per heavy atom. The SMILES string of the molecule is CCCCC1CCC(CCC2CCC(CCc3ccc(F)c(F)c3)CC2)CC1. The number of halogens is 2. The summed E-state index contributed by atoms with van der Waals surface area (Å²) in [5, 5.41) is 0. The molecule has 3 rings (SSSR count). The molecule has 0 nitrogen and oxygen atoms in total. The summed E-state index contributed by atoms with van der Waals surface area (Å²) in [5.41, 5.74) is 0.940. The molecule has 2 heteroatoms. The predicted molar refractivity (Wildman–Crippen MR) is 114 cm³/mol. The van der Waals surface area contributed by atoms with Gasteiger partial charge in [-0.1, -0.05) is 96.5 Å². The van der Waals surface area contributed by atoms with E-state index in [4.69, 9.17) is 0 Å². The molecule has 2 fully saturated rings. The zero-order valence-corrected chi connectivity index (χ0v) is 17.9. The summed E-state index contributed by atoms with van der Waals surface area (Å²) < 4.78 is 26.4. The molecule has 0 radical (unpaired) electrons.